The summed E-state index contributed by atoms with van der Waals surface area (Å²) in [7, 11) is 3.63. The highest BCUT2D eigenvalue weighted by molar-refractivity contribution is 6.07. The van der Waals surface area contributed by atoms with Gasteiger partial charge in [-0.15, -0.1) is 5.10 Å². The van der Waals surface area contributed by atoms with Gasteiger partial charge in [0.25, 0.3) is 5.91 Å². The van der Waals surface area contributed by atoms with E-state index in [1.54, 1.807) is 11.8 Å². The van der Waals surface area contributed by atoms with E-state index >= 15 is 0 Å². The van der Waals surface area contributed by atoms with E-state index in [2.05, 4.69) is 39.9 Å². The van der Waals surface area contributed by atoms with Gasteiger partial charge in [-0.25, -0.2) is 4.68 Å². The molecule has 30 heavy (non-hydrogen) atoms. The Morgan fingerprint density at radius 3 is 2.40 bits per heavy atom. The molecule has 154 valence electrons. The molecule has 1 amide bonds. The molecule has 0 spiro atoms. The molecule has 1 saturated carbocycles. The number of hydrogen-bond acceptors (Lipinski definition) is 5. The Bertz CT molecular complexity index is 1070. The molecule has 5 rings (SSSR count). The molecule has 1 fully saturated rings. The van der Waals surface area contributed by atoms with Crippen molar-refractivity contribution in [2.24, 2.45) is 0 Å². The minimum atomic E-state index is -0.0684. The van der Waals surface area contributed by atoms with Gasteiger partial charge in [0.05, 0.1) is 18.5 Å². The summed E-state index contributed by atoms with van der Waals surface area (Å²) >= 11 is 0. The molecule has 0 saturated heterocycles. The minimum absolute atomic E-state index is 0.0684. The number of methoxy groups -OCH3 is 1. The number of ether oxygens (including phenoxy) is 1. The maximum absolute atomic E-state index is 13.4. The Balaban J connectivity index is 1.43. The fraction of sp³-hybridized carbons (Fsp3) is 0.348. The number of aromatic nitrogens is 3. The Morgan fingerprint density at radius 2 is 1.77 bits per heavy atom. The maximum Gasteiger partial charge on any atom is 0.278 e. The van der Waals surface area contributed by atoms with Crippen molar-refractivity contribution in [3.05, 3.63) is 65.5 Å². The van der Waals surface area contributed by atoms with Gasteiger partial charge in [0.1, 0.15) is 5.75 Å². The van der Waals surface area contributed by atoms with Crippen LogP contribution in [0.2, 0.25) is 0 Å². The number of hydrogen-bond donors (Lipinski definition) is 1. The number of rotatable bonds is 6. The van der Waals surface area contributed by atoms with Gasteiger partial charge in [-0.2, -0.15) is 0 Å². The lowest BCUT2D eigenvalue weighted by molar-refractivity contribution is 0.0973. The van der Waals surface area contributed by atoms with Crippen LogP contribution in [0.5, 0.6) is 5.75 Å². The predicted molar refractivity (Wildman–Crippen MR) is 115 cm³/mol. The van der Waals surface area contributed by atoms with Crippen molar-refractivity contribution < 1.29 is 9.53 Å². The summed E-state index contributed by atoms with van der Waals surface area (Å²) in [6.07, 6.45) is 3.11. The highest BCUT2D eigenvalue weighted by atomic mass is 16.5. The Morgan fingerprint density at radius 1 is 1.07 bits per heavy atom. The van der Waals surface area contributed by atoms with Crippen LogP contribution >= 0.6 is 0 Å². The average molecular weight is 403 g/mol. The molecule has 2 aromatic carbocycles. The van der Waals surface area contributed by atoms with Crippen LogP contribution in [0.4, 0.5) is 5.69 Å². The van der Waals surface area contributed by atoms with E-state index in [0.29, 0.717) is 18.7 Å². The van der Waals surface area contributed by atoms with Gasteiger partial charge >= 0.3 is 0 Å². The summed E-state index contributed by atoms with van der Waals surface area (Å²) in [6, 6.07) is 15.9. The second-order valence-electron chi connectivity index (χ2n) is 8.06. The van der Waals surface area contributed by atoms with E-state index in [1.807, 2.05) is 36.2 Å². The highest BCUT2D eigenvalue weighted by Crippen LogP contribution is 2.47. The second kappa shape index (κ2) is 7.25. The van der Waals surface area contributed by atoms with Crippen LogP contribution in [-0.2, 0) is 11.8 Å². The molecule has 7 heteroatoms. The summed E-state index contributed by atoms with van der Waals surface area (Å²) in [6.45, 7) is 1.60. The zero-order valence-corrected chi connectivity index (χ0v) is 17.3. The van der Waals surface area contributed by atoms with Crippen LogP contribution in [0, 0.1) is 0 Å². The number of benzene rings is 2. The van der Waals surface area contributed by atoms with Crippen molar-refractivity contribution in [2.75, 3.05) is 32.1 Å². The number of nitrogens with zero attached hydrogens (tertiary/aromatic N) is 4. The largest absolute Gasteiger partial charge is 0.497 e. The molecule has 3 aromatic rings. The summed E-state index contributed by atoms with van der Waals surface area (Å²) < 4.78 is 6.85. The van der Waals surface area contributed by atoms with Crippen molar-refractivity contribution in [2.45, 2.75) is 24.7 Å². The normalized spacial score (nSPS) is 17.0. The molecular weight excluding hydrogens is 378 g/mol. The molecule has 1 N–H and O–H groups in total. The zero-order chi connectivity index (χ0) is 20.7. The SMILES string of the molecule is CNCC1(c2ccc(N3CCc4nnn(-c5ccc(OC)cc5)c4C3=O)cc2)CC1. The number of fused-ring (bicyclic) bond motifs is 1. The Labute approximate surface area is 175 Å². The fourth-order valence-corrected chi connectivity index (χ4v) is 4.34. The van der Waals surface area contributed by atoms with Crippen LogP contribution in [0.3, 0.4) is 0 Å². The van der Waals surface area contributed by atoms with Crippen LogP contribution in [0.25, 0.3) is 5.69 Å². The van der Waals surface area contributed by atoms with Crippen LogP contribution in [0.1, 0.15) is 34.6 Å². The van der Waals surface area contributed by atoms with Crippen LogP contribution in [0.15, 0.2) is 48.5 Å². The van der Waals surface area contributed by atoms with Crippen molar-refractivity contribution in [1.29, 1.82) is 0 Å². The van der Waals surface area contributed by atoms with E-state index in [9.17, 15) is 4.79 Å². The molecular formula is C23H25N5O2. The molecule has 7 nitrogen and oxygen atoms in total. The highest BCUT2D eigenvalue weighted by Gasteiger charge is 2.43. The maximum atomic E-state index is 13.4. The molecule has 1 aromatic heterocycles. The summed E-state index contributed by atoms with van der Waals surface area (Å²) in [4.78, 5) is 15.2. The predicted octanol–water partition coefficient (Wildman–Crippen LogP) is 2.73. The number of nitrogens with one attached hydrogen (secondary N) is 1. The Kier molecular flexibility index (Phi) is 4.55. The first-order chi connectivity index (χ1) is 14.6. The first-order valence-corrected chi connectivity index (χ1v) is 10.3. The van der Waals surface area contributed by atoms with Crippen molar-refractivity contribution in [3.63, 3.8) is 0 Å². The third kappa shape index (κ3) is 3.06. The van der Waals surface area contributed by atoms with Crippen molar-refractivity contribution in [1.82, 2.24) is 20.3 Å². The lowest BCUT2D eigenvalue weighted by Crippen LogP contribution is -2.38. The minimum Gasteiger partial charge on any atom is -0.497 e. The van der Waals surface area contributed by atoms with Crippen molar-refractivity contribution in [3.8, 4) is 11.4 Å². The van der Waals surface area contributed by atoms with Gasteiger partial charge in [0, 0.05) is 30.6 Å². The number of likely N-dealkylation sites (N-methyl/N-ethyl adjacent to an activating group) is 1. The van der Waals surface area contributed by atoms with Gasteiger partial charge in [0.2, 0.25) is 0 Å². The number of carbonyl (C=O) groups is 1. The third-order valence-corrected chi connectivity index (χ3v) is 6.24. The molecule has 1 aliphatic carbocycles. The monoisotopic (exact) mass is 403 g/mol. The second-order valence-corrected chi connectivity index (χ2v) is 8.06. The summed E-state index contributed by atoms with van der Waals surface area (Å²) in [5.74, 6) is 0.689. The number of anilines is 1. The van der Waals surface area contributed by atoms with Gasteiger partial charge in [-0.3, -0.25) is 4.79 Å². The summed E-state index contributed by atoms with van der Waals surface area (Å²) in [5.41, 5.74) is 4.59. The van der Waals surface area contributed by atoms with Crippen molar-refractivity contribution >= 4 is 11.6 Å². The molecule has 0 bridgehead atoms. The smallest absolute Gasteiger partial charge is 0.278 e. The molecule has 2 aliphatic rings. The average Bonchev–Trinajstić information content (AvgIpc) is 3.44. The lowest BCUT2D eigenvalue weighted by Gasteiger charge is -2.27. The third-order valence-electron chi connectivity index (χ3n) is 6.24. The van der Waals surface area contributed by atoms with Crippen LogP contribution < -0.4 is 15.0 Å². The first-order valence-electron chi connectivity index (χ1n) is 10.3. The van der Waals surface area contributed by atoms with E-state index in [0.717, 1.165) is 29.4 Å². The van der Waals surface area contributed by atoms with E-state index < -0.39 is 0 Å². The van der Waals surface area contributed by atoms with Gasteiger partial charge < -0.3 is 15.0 Å². The van der Waals surface area contributed by atoms with E-state index in [1.165, 1.54) is 18.4 Å². The molecule has 1 aliphatic heterocycles. The molecule has 0 unspecified atom stereocenters. The lowest BCUT2D eigenvalue weighted by atomic mass is 9.95. The van der Waals surface area contributed by atoms with E-state index in [-0.39, 0.29) is 11.3 Å². The standard InChI is InChI=1S/C23H25N5O2/c1-24-15-23(12-13-23)16-3-5-17(6-4-16)27-14-11-20-21(22(27)29)28(26-25-20)18-7-9-19(30-2)10-8-18/h3-10,24H,11-15H2,1-2H3. The molecule has 2 heterocycles. The topological polar surface area (TPSA) is 72.3 Å². The fourth-order valence-electron chi connectivity index (χ4n) is 4.34. The van der Waals surface area contributed by atoms with Gasteiger partial charge in [-0.1, -0.05) is 17.3 Å². The molecule has 0 atom stereocenters. The Hall–Kier alpha value is -3.19. The summed E-state index contributed by atoms with van der Waals surface area (Å²) in [5, 5.41) is 11.8. The number of amides is 1. The van der Waals surface area contributed by atoms with Gasteiger partial charge in [-0.05, 0) is 61.9 Å². The zero-order valence-electron chi connectivity index (χ0n) is 17.3. The quantitative estimate of drug-likeness (QED) is 0.685. The van der Waals surface area contributed by atoms with E-state index in [4.69, 9.17) is 4.74 Å². The number of carbonyl (C=O) groups excluding carboxylic acids is 1. The first kappa shape index (κ1) is 18.8. The van der Waals surface area contributed by atoms with Gasteiger partial charge in [0.15, 0.2) is 5.69 Å². The van der Waals surface area contributed by atoms with Crippen LogP contribution in [-0.4, -0.2) is 48.1 Å². The molecule has 0 radical (unpaired) electrons.